The van der Waals surface area contributed by atoms with Gasteiger partial charge in [0.05, 0.1) is 11.9 Å². The lowest BCUT2D eigenvalue weighted by Crippen LogP contribution is -2.14. The molecule has 4 nitrogen and oxygen atoms in total. The maximum Gasteiger partial charge on any atom is 0.418 e. The molecular formula is C12H13F3N4. The van der Waals surface area contributed by atoms with Gasteiger partial charge in [0.2, 0.25) is 0 Å². The Morgan fingerprint density at radius 1 is 1.32 bits per heavy atom. The molecule has 0 aliphatic carbocycles. The van der Waals surface area contributed by atoms with Crippen LogP contribution in [0.25, 0.3) is 0 Å². The SMILES string of the molecule is Nc1ccc(NCCn2ccnc2)c(C(F)(F)F)c1. The third-order valence-electron chi connectivity index (χ3n) is 2.59. The van der Waals surface area contributed by atoms with Gasteiger partial charge in [0, 0.05) is 36.9 Å². The van der Waals surface area contributed by atoms with Crippen molar-refractivity contribution in [3.63, 3.8) is 0 Å². The zero-order valence-electron chi connectivity index (χ0n) is 9.98. The Morgan fingerprint density at radius 3 is 2.74 bits per heavy atom. The highest BCUT2D eigenvalue weighted by Gasteiger charge is 2.33. The molecule has 0 saturated carbocycles. The van der Waals surface area contributed by atoms with E-state index in [0.717, 1.165) is 6.07 Å². The molecule has 0 fully saturated rings. The zero-order valence-corrected chi connectivity index (χ0v) is 9.98. The van der Waals surface area contributed by atoms with Crippen LogP contribution >= 0.6 is 0 Å². The third-order valence-corrected chi connectivity index (χ3v) is 2.59. The molecule has 19 heavy (non-hydrogen) atoms. The molecule has 0 spiro atoms. The fourth-order valence-electron chi connectivity index (χ4n) is 1.69. The van der Waals surface area contributed by atoms with Crippen LogP contribution < -0.4 is 11.1 Å². The van der Waals surface area contributed by atoms with E-state index in [2.05, 4.69) is 10.3 Å². The molecule has 1 aromatic heterocycles. The summed E-state index contributed by atoms with van der Waals surface area (Å²) in [4.78, 5) is 3.85. The van der Waals surface area contributed by atoms with E-state index in [-0.39, 0.29) is 11.4 Å². The quantitative estimate of drug-likeness (QED) is 0.840. The first-order valence-corrected chi connectivity index (χ1v) is 5.63. The van der Waals surface area contributed by atoms with Crippen LogP contribution in [0.5, 0.6) is 0 Å². The fraction of sp³-hybridized carbons (Fsp3) is 0.250. The van der Waals surface area contributed by atoms with Crippen molar-refractivity contribution >= 4 is 11.4 Å². The Bertz CT molecular complexity index is 534. The average Bonchev–Trinajstić information content (AvgIpc) is 2.83. The molecule has 2 aromatic rings. The third kappa shape index (κ3) is 3.40. The largest absolute Gasteiger partial charge is 0.418 e. The molecule has 0 amide bonds. The summed E-state index contributed by atoms with van der Waals surface area (Å²) in [5.74, 6) is 0. The minimum absolute atomic E-state index is 0.0295. The van der Waals surface area contributed by atoms with Crippen molar-refractivity contribution in [2.75, 3.05) is 17.6 Å². The summed E-state index contributed by atoms with van der Waals surface area (Å²) >= 11 is 0. The van der Waals surface area contributed by atoms with Gasteiger partial charge in [0.1, 0.15) is 0 Å². The lowest BCUT2D eigenvalue weighted by atomic mass is 10.1. The minimum atomic E-state index is -4.42. The molecular weight excluding hydrogens is 257 g/mol. The number of hydrogen-bond acceptors (Lipinski definition) is 3. The number of aromatic nitrogens is 2. The molecule has 0 unspecified atom stereocenters. The van der Waals surface area contributed by atoms with Crippen LogP contribution in [0.15, 0.2) is 36.9 Å². The van der Waals surface area contributed by atoms with Crippen LogP contribution in [-0.2, 0) is 12.7 Å². The summed E-state index contributed by atoms with van der Waals surface area (Å²) in [6, 6.07) is 3.71. The Morgan fingerprint density at radius 2 is 2.11 bits per heavy atom. The van der Waals surface area contributed by atoms with E-state index in [1.807, 2.05) is 0 Å². The number of alkyl halides is 3. The Hall–Kier alpha value is -2.18. The maximum absolute atomic E-state index is 12.8. The van der Waals surface area contributed by atoms with Crippen molar-refractivity contribution in [3.8, 4) is 0 Å². The summed E-state index contributed by atoms with van der Waals surface area (Å²) in [7, 11) is 0. The summed E-state index contributed by atoms with van der Waals surface area (Å²) in [5.41, 5.74) is 4.76. The number of nitrogen functional groups attached to an aromatic ring is 1. The molecule has 1 heterocycles. The van der Waals surface area contributed by atoms with Crippen molar-refractivity contribution in [2.45, 2.75) is 12.7 Å². The molecule has 3 N–H and O–H groups in total. The normalized spacial score (nSPS) is 11.5. The smallest absolute Gasteiger partial charge is 0.399 e. The topological polar surface area (TPSA) is 55.9 Å². The lowest BCUT2D eigenvalue weighted by molar-refractivity contribution is -0.136. The Balaban J connectivity index is 2.07. The van der Waals surface area contributed by atoms with Crippen LogP contribution in [0.2, 0.25) is 0 Å². The van der Waals surface area contributed by atoms with E-state index >= 15 is 0 Å². The van der Waals surface area contributed by atoms with E-state index in [9.17, 15) is 13.2 Å². The van der Waals surface area contributed by atoms with Gasteiger partial charge in [-0.15, -0.1) is 0 Å². The first-order chi connectivity index (χ1) is 8.97. The first-order valence-electron chi connectivity index (χ1n) is 5.63. The number of anilines is 2. The highest BCUT2D eigenvalue weighted by atomic mass is 19.4. The van der Waals surface area contributed by atoms with Crippen molar-refractivity contribution in [3.05, 3.63) is 42.5 Å². The fourth-order valence-corrected chi connectivity index (χ4v) is 1.69. The zero-order chi connectivity index (χ0) is 13.9. The molecule has 0 atom stereocenters. The summed E-state index contributed by atoms with van der Waals surface area (Å²) in [6.45, 7) is 0.894. The second-order valence-electron chi connectivity index (χ2n) is 4.03. The Labute approximate surface area is 108 Å². The summed E-state index contributed by atoms with van der Waals surface area (Å²) in [5, 5.41) is 2.76. The van der Waals surface area contributed by atoms with Gasteiger partial charge in [-0.25, -0.2) is 4.98 Å². The lowest BCUT2D eigenvalue weighted by Gasteiger charge is -2.15. The number of hydrogen-bond donors (Lipinski definition) is 2. The van der Waals surface area contributed by atoms with Crippen molar-refractivity contribution < 1.29 is 13.2 Å². The van der Waals surface area contributed by atoms with Crippen molar-refractivity contribution in [2.24, 2.45) is 0 Å². The predicted molar refractivity (Wildman–Crippen MR) is 66.6 cm³/mol. The number of nitrogens with zero attached hydrogens (tertiary/aromatic N) is 2. The van der Waals surface area contributed by atoms with E-state index < -0.39 is 11.7 Å². The van der Waals surface area contributed by atoms with E-state index in [1.165, 1.54) is 12.1 Å². The standard InChI is InChI=1S/C12H13F3N4/c13-12(14,15)10-7-9(16)1-2-11(10)18-4-6-19-5-3-17-8-19/h1-3,5,7-8,18H,4,6,16H2. The highest BCUT2D eigenvalue weighted by Crippen LogP contribution is 2.35. The van der Waals surface area contributed by atoms with Gasteiger partial charge in [0.25, 0.3) is 0 Å². The molecule has 0 aliphatic rings. The number of rotatable bonds is 4. The highest BCUT2D eigenvalue weighted by molar-refractivity contribution is 5.59. The minimum Gasteiger partial charge on any atom is -0.399 e. The summed E-state index contributed by atoms with van der Waals surface area (Å²) in [6.07, 6.45) is 0.543. The number of nitrogens with one attached hydrogen (secondary N) is 1. The molecule has 2 rings (SSSR count). The second-order valence-corrected chi connectivity index (χ2v) is 4.03. The van der Waals surface area contributed by atoms with Gasteiger partial charge in [-0.1, -0.05) is 0 Å². The number of benzene rings is 1. The monoisotopic (exact) mass is 270 g/mol. The first kappa shape index (κ1) is 13.3. The van der Waals surface area contributed by atoms with Crippen LogP contribution in [0.4, 0.5) is 24.5 Å². The Kier molecular flexibility index (Phi) is 3.64. The van der Waals surface area contributed by atoms with Gasteiger partial charge in [-0.05, 0) is 18.2 Å². The summed E-state index contributed by atoms with van der Waals surface area (Å²) < 4.78 is 40.2. The van der Waals surface area contributed by atoms with Crippen molar-refractivity contribution in [1.29, 1.82) is 0 Å². The maximum atomic E-state index is 12.8. The average molecular weight is 270 g/mol. The predicted octanol–water partition coefficient (Wildman–Crippen LogP) is 2.60. The van der Waals surface area contributed by atoms with E-state index in [4.69, 9.17) is 5.73 Å². The molecule has 7 heteroatoms. The molecule has 1 aromatic carbocycles. The van der Waals surface area contributed by atoms with Crippen LogP contribution in [-0.4, -0.2) is 16.1 Å². The van der Waals surface area contributed by atoms with Gasteiger partial charge in [0.15, 0.2) is 0 Å². The second kappa shape index (κ2) is 5.21. The van der Waals surface area contributed by atoms with E-state index in [0.29, 0.717) is 13.1 Å². The van der Waals surface area contributed by atoms with Gasteiger partial charge < -0.3 is 15.6 Å². The van der Waals surface area contributed by atoms with E-state index in [1.54, 1.807) is 23.3 Å². The molecule has 0 radical (unpaired) electrons. The van der Waals surface area contributed by atoms with Crippen molar-refractivity contribution in [1.82, 2.24) is 9.55 Å². The van der Waals surface area contributed by atoms with Gasteiger partial charge in [-0.2, -0.15) is 13.2 Å². The molecule has 0 bridgehead atoms. The molecule has 0 saturated heterocycles. The molecule has 0 aliphatic heterocycles. The number of nitrogens with two attached hydrogens (primary N) is 1. The van der Waals surface area contributed by atoms with Crippen LogP contribution in [0, 0.1) is 0 Å². The van der Waals surface area contributed by atoms with Crippen LogP contribution in [0.3, 0.4) is 0 Å². The van der Waals surface area contributed by atoms with Gasteiger partial charge >= 0.3 is 6.18 Å². The number of halogens is 3. The van der Waals surface area contributed by atoms with Gasteiger partial charge in [-0.3, -0.25) is 0 Å². The molecule has 102 valence electrons. The van der Waals surface area contributed by atoms with Crippen LogP contribution in [0.1, 0.15) is 5.56 Å². The number of imidazole rings is 1.